The summed E-state index contributed by atoms with van der Waals surface area (Å²) in [6.07, 6.45) is -4.64. The zero-order valence-corrected chi connectivity index (χ0v) is 12.1. The highest BCUT2D eigenvalue weighted by Crippen LogP contribution is 2.35. The van der Waals surface area contributed by atoms with Crippen molar-refractivity contribution in [2.24, 2.45) is 5.92 Å². The van der Waals surface area contributed by atoms with Crippen LogP contribution in [-0.4, -0.2) is 23.4 Å². The Labute approximate surface area is 118 Å². The Morgan fingerprint density at radius 2 is 1.70 bits per heavy atom. The van der Waals surface area contributed by atoms with Crippen LogP contribution in [-0.2, 0) is 6.54 Å². The van der Waals surface area contributed by atoms with Gasteiger partial charge in [-0.15, -0.1) is 0 Å². The molecule has 0 aliphatic carbocycles. The lowest BCUT2D eigenvalue weighted by Crippen LogP contribution is -2.59. The summed E-state index contributed by atoms with van der Waals surface area (Å²) < 4.78 is 39.8. The van der Waals surface area contributed by atoms with Gasteiger partial charge in [0, 0.05) is 6.54 Å². The van der Waals surface area contributed by atoms with E-state index in [0.29, 0.717) is 0 Å². The van der Waals surface area contributed by atoms with E-state index < -0.39 is 18.3 Å². The number of halogens is 3. The summed E-state index contributed by atoms with van der Waals surface area (Å²) in [5, 5.41) is 11.8. The van der Waals surface area contributed by atoms with Crippen LogP contribution in [0.2, 0.25) is 0 Å². The van der Waals surface area contributed by atoms with Crippen molar-refractivity contribution in [2.75, 3.05) is 6.61 Å². The van der Waals surface area contributed by atoms with Gasteiger partial charge in [0.1, 0.15) is 5.54 Å². The summed E-state index contributed by atoms with van der Waals surface area (Å²) in [5.41, 5.74) is -0.423. The highest BCUT2D eigenvalue weighted by Gasteiger charge is 2.54. The molecule has 0 saturated carbocycles. The molecule has 1 unspecified atom stereocenters. The molecule has 2 nitrogen and oxygen atoms in total. The number of aliphatic hydroxyl groups is 1. The molecule has 0 bridgehead atoms. The number of aryl methyl sites for hydroxylation is 1. The molecule has 0 aromatic heterocycles. The molecule has 114 valence electrons. The van der Waals surface area contributed by atoms with E-state index in [1.54, 1.807) is 26.0 Å². The van der Waals surface area contributed by atoms with Crippen LogP contribution in [0.5, 0.6) is 0 Å². The first-order valence-corrected chi connectivity index (χ1v) is 6.68. The highest BCUT2D eigenvalue weighted by molar-refractivity contribution is 5.21. The fraction of sp³-hybridized carbons (Fsp3) is 0.600. The minimum atomic E-state index is -4.49. The first-order valence-electron chi connectivity index (χ1n) is 6.68. The molecule has 1 atom stereocenters. The maximum absolute atomic E-state index is 13.3. The van der Waals surface area contributed by atoms with Crippen LogP contribution in [0.25, 0.3) is 0 Å². The largest absolute Gasteiger partial charge is 0.408 e. The van der Waals surface area contributed by atoms with Gasteiger partial charge in [0.25, 0.3) is 0 Å². The number of hydrogen-bond acceptors (Lipinski definition) is 2. The summed E-state index contributed by atoms with van der Waals surface area (Å²) >= 11 is 0. The van der Waals surface area contributed by atoms with E-state index in [9.17, 15) is 18.3 Å². The van der Waals surface area contributed by atoms with Crippen LogP contribution >= 0.6 is 0 Å². The smallest absolute Gasteiger partial charge is 0.394 e. The quantitative estimate of drug-likeness (QED) is 0.841. The second kappa shape index (κ2) is 6.59. The molecule has 20 heavy (non-hydrogen) atoms. The predicted molar refractivity (Wildman–Crippen MR) is 73.3 cm³/mol. The van der Waals surface area contributed by atoms with Crippen LogP contribution in [0.3, 0.4) is 0 Å². The molecule has 1 aromatic rings. The Kier molecular flexibility index (Phi) is 5.59. The second-order valence-electron chi connectivity index (χ2n) is 5.68. The van der Waals surface area contributed by atoms with Gasteiger partial charge in [0.2, 0.25) is 0 Å². The summed E-state index contributed by atoms with van der Waals surface area (Å²) in [6.45, 7) is 4.46. The molecule has 1 aromatic carbocycles. The molecule has 2 N–H and O–H groups in total. The van der Waals surface area contributed by atoms with E-state index in [1.165, 1.54) is 0 Å². The number of hydrogen-bond donors (Lipinski definition) is 2. The molecule has 0 spiro atoms. The molecular weight excluding hydrogens is 267 g/mol. The molecule has 0 aliphatic rings. The molecule has 0 radical (unpaired) electrons. The summed E-state index contributed by atoms with van der Waals surface area (Å²) in [7, 11) is 0. The molecular formula is C15H22F3NO. The van der Waals surface area contributed by atoms with Crippen LogP contribution in [0.1, 0.15) is 31.4 Å². The van der Waals surface area contributed by atoms with E-state index in [-0.39, 0.29) is 18.9 Å². The van der Waals surface area contributed by atoms with E-state index >= 15 is 0 Å². The maximum atomic E-state index is 13.3. The third-order valence-corrected chi connectivity index (χ3v) is 3.32. The summed E-state index contributed by atoms with van der Waals surface area (Å²) in [6, 6.07) is 7.29. The number of aliphatic hydroxyl groups excluding tert-OH is 1. The standard InChI is InChI=1S/C15H22F3NO/c1-11(2)8-14(10-20,15(16,17)18)19-9-13-6-4-12(3)5-7-13/h4-7,11,19-20H,8-10H2,1-3H3. The van der Waals surface area contributed by atoms with Gasteiger partial charge in [-0.2, -0.15) is 13.2 Å². The first-order chi connectivity index (χ1) is 9.20. The Balaban J connectivity index is 2.86. The van der Waals surface area contributed by atoms with Crippen molar-refractivity contribution in [1.29, 1.82) is 0 Å². The van der Waals surface area contributed by atoms with Crippen molar-refractivity contribution in [3.8, 4) is 0 Å². The number of benzene rings is 1. The van der Waals surface area contributed by atoms with Gasteiger partial charge in [-0.25, -0.2) is 0 Å². The van der Waals surface area contributed by atoms with Crippen LogP contribution < -0.4 is 5.32 Å². The number of rotatable bonds is 6. The number of nitrogens with one attached hydrogen (secondary N) is 1. The van der Waals surface area contributed by atoms with Crippen molar-refractivity contribution in [3.05, 3.63) is 35.4 Å². The van der Waals surface area contributed by atoms with E-state index in [4.69, 9.17) is 0 Å². The highest BCUT2D eigenvalue weighted by atomic mass is 19.4. The predicted octanol–water partition coefficient (Wildman–Crippen LogP) is 3.42. The molecule has 0 aliphatic heterocycles. The van der Waals surface area contributed by atoms with Crippen molar-refractivity contribution in [3.63, 3.8) is 0 Å². The summed E-state index contributed by atoms with van der Waals surface area (Å²) in [5.74, 6) is -0.172. The number of alkyl halides is 3. The van der Waals surface area contributed by atoms with Gasteiger partial charge in [-0.05, 0) is 24.8 Å². The minimum absolute atomic E-state index is 0.0765. The Morgan fingerprint density at radius 1 is 1.15 bits per heavy atom. The Morgan fingerprint density at radius 3 is 2.10 bits per heavy atom. The van der Waals surface area contributed by atoms with Crippen molar-refractivity contribution in [1.82, 2.24) is 5.32 Å². The lowest BCUT2D eigenvalue weighted by molar-refractivity contribution is -0.212. The Hall–Kier alpha value is -1.07. The van der Waals surface area contributed by atoms with Crippen molar-refractivity contribution < 1.29 is 18.3 Å². The zero-order chi connectivity index (χ0) is 15.4. The fourth-order valence-corrected chi connectivity index (χ4v) is 2.17. The minimum Gasteiger partial charge on any atom is -0.394 e. The van der Waals surface area contributed by atoms with Crippen molar-refractivity contribution in [2.45, 2.75) is 45.5 Å². The van der Waals surface area contributed by atoms with Gasteiger partial charge < -0.3 is 5.11 Å². The van der Waals surface area contributed by atoms with Crippen LogP contribution in [0.4, 0.5) is 13.2 Å². The lowest BCUT2D eigenvalue weighted by Gasteiger charge is -2.36. The average molecular weight is 289 g/mol. The van der Waals surface area contributed by atoms with Gasteiger partial charge in [0.15, 0.2) is 0 Å². The van der Waals surface area contributed by atoms with Gasteiger partial charge in [-0.1, -0.05) is 43.7 Å². The Bertz CT molecular complexity index is 414. The SMILES string of the molecule is Cc1ccc(CNC(CO)(CC(C)C)C(F)(F)F)cc1. The van der Waals surface area contributed by atoms with Crippen LogP contribution in [0, 0.1) is 12.8 Å². The van der Waals surface area contributed by atoms with Crippen LogP contribution in [0.15, 0.2) is 24.3 Å². The monoisotopic (exact) mass is 289 g/mol. The van der Waals surface area contributed by atoms with E-state index in [2.05, 4.69) is 5.32 Å². The fourth-order valence-electron chi connectivity index (χ4n) is 2.17. The molecule has 0 heterocycles. The van der Waals surface area contributed by atoms with Gasteiger partial charge in [0.05, 0.1) is 6.61 Å². The average Bonchev–Trinajstić information content (AvgIpc) is 2.34. The third-order valence-electron chi connectivity index (χ3n) is 3.32. The second-order valence-corrected chi connectivity index (χ2v) is 5.68. The third kappa shape index (κ3) is 4.21. The van der Waals surface area contributed by atoms with E-state index in [1.807, 2.05) is 19.1 Å². The lowest BCUT2D eigenvalue weighted by atomic mass is 9.88. The normalized spacial score (nSPS) is 15.4. The molecule has 1 rings (SSSR count). The molecule has 5 heteroatoms. The first kappa shape index (κ1) is 17.0. The molecule has 0 amide bonds. The molecule has 0 fully saturated rings. The maximum Gasteiger partial charge on any atom is 0.408 e. The van der Waals surface area contributed by atoms with E-state index in [0.717, 1.165) is 11.1 Å². The van der Waals surface area contributed by atoms with Gasteiger partial charge >= 0.3 is 6.18 Å². The topological polar surface area (TPSA) is 32.3 Å². The van der Waals surface area contributed by atoms with Gasteiger partial charge in [-0.3, -0.25) is 5.32 Å². The molecule has 0 saturated heterocycles. The summed E-state index contributed by atoms with van der Waals surface area (Å²) in [4.78, 5) is 0. The van der Waals surface area contributed by atoms with Crippen molar-refractivity contribution >= 4 is 0 Å². The zero-order valence-electron chi connectivity index (χ0n) is 12.1.